The summed E-state index contributed by atoms with van der Waals surface area (Å²) in [7, 11) is 0. The van der Waals surface area contributed by atoms with E-state index in [2.05, 4.69) is 20.7 Å². The summed E-state index contributed by atoms with van der Waals surface area (Å²) in [5.41, 5.74) is 8.41. The molecule has 13 heavy (non-hydrogen) atoms. The Morgan fingerprint density at radius 2 is 2.23 bits per heavy atom. The fourth-order valence-electron chi connectivity index (χ4n) is 0.860. The Balaban J connectivity index is 3.21. The minimum atomic E-state index is -1.26. The molecule has 0 saturated carbocycles. The number of hydrogen-bond donors (Lipinski definition) is 1. The molecule has 0 spiro atoms. The van der Waals surface area contributed by atoms with Crippen molar-refractivity contribution < 1.29 is 14.7 Å². The van der Waals surface area contributed by atoms with Crippen molar-refractivity contribution in [2.24, 2.45) is 0 Å². The van der Waals surface area contributed by atoms with Gasteiger partial charge in [0.2, 0.25) is 0 Å². The largest absolute Gasteiger partial charge is 0.472 e. The number of halogens is 1. The lowest BCUT2D eigenvalue weighted by Gasteiger charge is -1.92. The molecule has 0 unspecified atom stereocenters. The zero-order valence-corrected chi connectivity index (χ0v) is 8.02. The van der Waals surface area contributed by atoms with Crippen molar-refractivity contribution in [2.75, 3.05) is 0 Å². The van der Waals surface area contributed by atoms with Crippen LogP contribution in [-0.2, 0) is 4.79 Å². The molecule has 0 fully saturated rings. The summed E-state index contributed by atoms with van der Waals surface area (Å²) in [5, 5.41) is 8.61. The van der Waals surface area contributed by atoms with E-state index < -0.39 is 5.97 Å². The first-order chi connectivity index (χ1) is 6.15. The van der Waals surface area contributed by atoms with Gasteiger partial charge in [0.25, 0.3) is 0 Å². The second kappa shape index (κ2) is 3.98. The number of carbonyl (C=O) groups is 1. The van der Waals surface area contributed by atoms with Gasteiger partial charge in [-0.2, -0.15) is 4.79 Å². The van der Waals surface area contributed by atoms with Crippen molar-refractivity contribution in [1.29, 1.82) is 0 Å². The van der Waals surface area contributed by atoms with Crippen molar-refractivity contribution in [2.45, 2.75) is 0 Å². The molecule has 0 amide bonds. The molecular weight excluding hydrogens is 236 g/mol. The molecule has 0 aliphatic heterocycles. The van der Waals surface area contributed by atoms with Crippen molar-refractivity contribution in [1.82, 2.24) is 0 Å². The SMILES string of the molecule is [N-]=[N+]=C(C(=O)O)c1cccc(Br)c1. The standard InChI is InChI=1S/C8H5BrN2O2/c9-6-3-1-2-5(4-6)7(11-10)8(12)13/h1-4H,(H,12,13). The van der Waals surface area contributed by atoms with E-state index in [1.807, 2.05) is 0 Å². The molecule has 4 nitrogen and oxygen atoms in total. The molecule has 0 aromatic heterocycles. The van der Waals surface area contributed by atoms with Gasteiger partial charge in [-0.15, -0.1) is 0 Å². The molecule has 66 valence electrons. The summed E-state index contributed by atoms with van der Waals surface area (Å²) >= 11 is 3.18. The Hall–Kier alpha value is -1.45. The van der Waals surface area contributed by atoms with Crippen LogP contribution in [0.1, 0.15) is 5.56 Å². The molecule has 0 radical (unpaired) electrons. The van der Waals surface area contributed by atoms with Gasteiger partial charge in [0.1, 0.15) is 0 Å². The van der Waals surface area contributed by atoms with Crippen LogP contribution in [0.5, 0.6) is 0 Å². The zero-order chi connectivity index (χ0) is 9.84. The van der Waals surface area contributed by atoms with Crippen LogP contribution in [0.15, 0.2) is 28.7 Å². The summed E-state index contributed by atoms with van der Waals surface area (Å²) in [6, 6.07) is 6.52. The fourth-order valence-corrected chi connectivity index (χ4v) is 1.26. The molecule has 0 saturated heterocycles. The van der Waals surface area contributed by atoms with E-state index in [4.69, 9.17) is 10.6 Å². The second-order valence-corrected chi connectivity index (χ2v) is 3.18. The molecule has 0 heterocycles. The number of hydrogen-bond acceptors (Lipinski definition) is 1. The van der Waals surface area contributed by atoms with E-state index in [0.717, 1.165) is 4.47 Å². The van der Waals surface area contributed by atoms with Crippen LogP contribution in [0, 0.1) is 0 Å². The van der Waals surface area contributed by atoms with Crippen molar-refractivity contribution in [3.8, 4) is 0 Å². The third-order valence-corrected chi connectivity index (χ3v) is 1.89. The number of carboxylic acid groups (broad SMARTS) is 1. The third kappa shape index (κ3) is 2.24. The van der Waals surface area contributed by atoms with Gasteiger partial charge >= 0.3 is 11.7 Å². The molecule has 1 N–H and O–H groups in total. The summed E-state index contributed by atoms with van der Waals surface area (Å²) in [6.07, 6.45) is 0. The average molecular weight is 241 g/mol. The maximum atomic E-state index is 10.5. The zero-order valence-electron chi connectivity index (χ0n) is 6.44. The first-order valence-electron chi connectivity index (χ1n) is 3.36. The van der Waals surface area contributed by atoms with Crippen LogP contribution in [0.4, 0.5) is 0 Å². The third-order valence-electron chi connectivity index (χ3n) is 1.40. The average Bonchev–Trinajstić information content (AvgIpc) is 2.04. The second-order valence-electron chi connectivity index (χ2n) is 2.26. The van der Waals surface area contributed by atoms with Gasteiger partial charge in [0.15, 0.2) is 0 Å². The number of carboxylic acids is 1. The molecule has 1 aromatic carbocycles. The van der Waals surface area contributed by atoms with Gasteiger partial charge in [0, 0.05) is 4.47 Å². The van der Waals surface area contributed by atoms with Gasteiger partial charge in [0.05, 0.1) is 5.56 Å². The number of rotatable bonds is 2. The number of nitrogens with zero attached hydrogens (tertiary/aromatic N) is 2. The normalized spacial score (nSPS) is 9.00. The van der Waals surface area contributed by atoms with Crippen molar-refractivity contribution in [3.63, 3.8) is 0 Å². The summed E-state index contributed by atoms with van der Waals surface area (Å²) in [5.74, 6) is -1.26. The lowest BCUT2D eigenvalue weighted by Crippen LogP contribution is -2.15. The Morgan fingerprint density at radius 3 is 2.69 bits per heavy atom. The highest BCUT2D eigenvalue weighted by atomic mass is 79.9. The van der Waals surface area contributed by atoms with E-state index in [0.29, 0.717) is 5.56 Å². The lowest BCUT2D eigenvalue weighted by atomic mass is 10.1. The van der Waals surface area contributed by atoms with Gasteiger partial charge < -0.3 is 10.6 Å². The quantitative estimate of drug-likeness (QED) is 0.484. The molecule has 1 rings (SSSR count). The smallest absolute Gasteiger partial charge is 0.419 e. The maximum Gasteiger partial charge on any atom is 0.419 e. The topological polar surface area (TPSA) is 73.7 Å². The van der Waals surface area contributed by atoms with Crippen LogP contribution in [0.25, 0.3) is 5.53 Å². The Morgan fingerprint density at radius 1 is 1.54 bits per heavy atom. The Labute approximate surface area is 82.6 Å². The van der Waals surface area contributed by atoms with Crippen LogP contribution in [0.2, 0.25) is 0 Å². The first-order valence-corrected chi connectivity index (χ1v) is 4.15. The minimum Gasteiger partial charge on any atom is -0.472 e. The monoisotopic (exact) mass is 240 g/mol. The highest BCUT2D eigenvalue weighted by Crippen LogP contribution is 2.11. The highest BCUT2D eigenvalue weighted by Gasteiger charge is 2.21. The predicted octanol–water partition coefficient (Wildman–Crippen LogP) is 1.55. The summed E-state index contributed by atoms with van der Waals surface area (Å²) in [6.45, 7) is 0. The van der Waals surface area contributed by atoms with Crippen LogP contribution < -0.4 is 0 Å². The van der Waals surface area contributed by atoms with Gasteiger partial charge in [-0.3, -0.25) is 0 Å². The summed E-state index contributed by atoms with van der Waals surface area (Å²) < 4.78 is 0.729. The van der Waals surface area contributed by atoms with E-state index in [-0.39, 0.29) is 5.71 Å². The number of aliphatic carboxylic acids is 1. The van der Waals surface area contributed by atoms with Gasteiger partial charge in [-0.1, -0.05) is 22.0 Å². The molecule has 0 aliphatic rings. The maximum absolute atomic E-state index is 10.5. The molecule has 0 atom stereocenters. The van der Waals surface area contributed by atoms with E-state index in [1.54, 1.807) is 24.3 Å². The molecular formula is C8H5BrN2O2. The molecule has 1 aromatic rings. The van der Waals surface area contributed by atoms with E-state index >= 15 is 0 Å². The predicted molar refractivity (Wildman–Crippen MR) is 49.5 cm³/mol. The lowest BCUT2D eigenvalue weighted by molar-refractivity contribution is -0.133. The van der Waals surface area contributed by atoms with E-state index in [9.17, 15) is 4.79 Å². The Kier molecular flexibility index (Phi) is 2.95. The van der Waals surface area contributed by atoms with Gasteiger partial charge in [-0.25, -0.2) is 4.79 Å². The van der Waals surface area contributed by atoms with Crippen molar-refractivity contribution >= 4 is 27.6 Å². The number of benzene rings is 1. The highest BCUT2D eigenvalue weighted by molar-refractivity contribution is 9.10. The molecule has 0 bridgehead atoms. The first kappa shape index (κ1) is 9.64. The van der Waals surface area contributed by atoms with Crippen LogP contribution >= 0.6 is 15.9 Å². The molecule has 5 heteroatoms. The van der Waals surface area contributed by atoms with Crippen LogP contribution in [-0.4, -0.2) is 21.6 Å². The molecule has 0 aliphatic carbocycles. The van der Waals surface area contributed by atoms with Crippen LogP contribution in [0.3, 0.4) is 0 Å². The van der Waals surface area contributed by atoms with Gasteiger partial charge in [-0.05, 0) is 18.2 Å². The minimum absolute atomic E-state index is 0.351. The Bertz CT molecular complexity index is 397. The fraction of sp³-hybridized carbons (Fsp3) is 0. The van der Waals surface area contributed by atoms with E-state index in [1.165, 1.54) is 0 Å². The van der Waals surface area contributed by atoms with Crippen molar-refractivity contribution in [3.05, 3.63) is 39.8 Å². The summed E-state index contributed by atoms with van der Waals surface area (Å²) in [4.78, 5) is 13.2.